The summed E-state index contributed by atoms with van der Waals surface area (Å²) in [6.07, 6.45) is 4.81. The Bertz CT molecular complexity index is 1280. The van der Waals surface area contributed by atoms with E-state index in [-0.39, 0.29) is 12.1 Å². The average molecular weight is 515 g/mol. The van der Waals surface area contributed by atoms with Crippen LogP contribution in [0.15, 0.2) is 60.1 Å². The number of nitrogens with one attached hydrogen (secondary N) is 1. The summed E-state index contributed by atoms with van der Waals surface area (Å²) in [4.78, 5) is 20.7. The molecule has 0 radical (unpaired) electrons. The maximum absolute atomic E-state index is 13.1. The van der Waals surface area contributed by atoms with Crippen LogP contribution >= 0.6 is 34.5 Å². The fraction of sp³-hybridized carbons (Fsp3) is 0.280. The molecular weight excluding hydrogens is 491 g/mol. The Kier molecular flexibility index (Phi) is 7.06. The molecule has 9 heteroatoms. The number of benzene rings is 2. The van der Waals surface area contributed by atoms with Crippen molar-refractivity contribution in [3.63, 3.8) is 0 Å². The lowest BCUT2D eigenvalue weighted by atomic mass is 10.2. The highest BCUT2D eigenvalue weighted by Gasteiger charge is 2.23. The molecule has 0 saturated carbocycles. The predicted octanol–water partition coefficient (Wildman–Crippen LogP) is 6.63. The molecule has 4 aromatic rings. The van der Waals surface area contributed by atoms with Crippen LogP contribution < -0.4 is 5.32 Å². The van der Waals surface area contributed by atoms with Gasteiger partial charge in [0.1, 0.15) is 0 Å². The number of urea groups is 1. The van der Waals surface area contributed by atoms with Gasteiger partial charge in [-0.3, -0.25) is 4.40 Å². The molecule has 1 aliphatic rings. The van der Waals surface area contributed by atoms with Crippen LogP contribution in [-0.2, 0) is 11.2 Å². The number of rotatable bonds is 7. The van der Waals surface area contributed by atoms with E-state index < -0.39 is 0 Å². The minimum Gasteiger partial charge on any atom is -0.376 e. The summed E-state index contributed by atoms with van der Waals surface area (Å²) in [6.45, 7) is 1.87. The van der Waals surface area contributed by atoms with Gasteiger partial charge in [0.05, 0.1) is 11.8 Å². The first kappa shape index (κ1) is 23.2. The number of amides is 2. The van der Waals surface area contributed by atoms with Crippen LogP contribution in [0.5, 0.6) is 0 Å². The fourth-order valence-corrected chi connectivity index (χ4v) is 5.32. The fourth-order valence-electron chi connectivity index (χ4n) is 4.10. The summed E-state index contributed by atoms with van der Waals surface area (Å²) >= 11 is 13.7. The summed E-state index contributed by atoms with van der Waals surface area (Å²) in [6, 6.07) is 14.7. The third-order valence-electron chi connectivity index (χ3n) is 5.87. The van der Waals surface area contributed by atoms with Crippen LogP contribution in [0.2, 0.25) is 10.0 Å². The highest BCUT2D eigenvalue weighted by molar-refractivity contribution is 7.15. The molecule has 6 nitrogen and oxygen atoms in total. The molecule has 0 aliphatic carbocycles. The van der Waals surface area contributed by atoms with Crippen LogP contribution in [-0.4, -0.2) is 46.1 Å². The molecule has 1 fully saturated rings. The highest BCUT2D eigenvalue weighted by Crippen LogP contribution is 2.25. The Morgan fingerprint density at radius 2 is 2.06 bits per heavy atom. The van der Waals surface area contributed by atoms with E-state index in [2.05, 4.69) is 15.1 Å². The molecule has 176 valence electrons. The smallest absolute Gasteiger partial charge is 0.321 e. The molecule has 5 rings (SSSR count). The van der Waals surface area contributed by atoms with Gasteiger partial charge in [-0.25, -0.2) is 9.78 Å². The van der Waals surface area contributed by atoms with Crippen molar-refractivity contribution in [2.45, 2.75) is 25.4 Å². The van der Waals surface area contributed by atoms with Gasteiger partial charge in [-0.1, -0.05) is 41.4 Å². The van der Waals surface area contributed by atoms with Crippen molar-refractivity contribution >= 4 is 51.2 Å². The standard InChI is InChI=1S/C25H24Cl2N4O2S/c26-18-8-6-17(7-9-18)23-15-31-21(16-34-25(31)29-23)10-11-30(14-22-5-2-12-33-22)24(32)28-20-4-1-3-19(27)13-20/h1,3-4,6-9,13,15-16,22H,2,5,10-12,14H2,(H,28,32). The van der Waals surface area contributed by atoms with E-state index in [0.717, 1.165) is 41.4 Å². The van der Waals surface area contributed by atoms with Crippen molar-refractivity contribution in [3.8, 4) is 11.3 Å². The van der Waals surface area contributed by atoms with Gasteiger partial charge in [-0.2, -0.15) is 0 Å². The molecule has 2 amide bonds. The summed E-state index contributed by atoms with van der Waals surface area (Å²) in [7, 11) is 0. The molecular formula is C25H24Cl2N4O2S. The second kappa shape index (κ2) is 10.4. The first-order valence-electron chi connectivity index (χ1n) is 11.2. The third-order valence-corrected chi connectivity index (χ3v) is 7.25. The van der Waals surface area contributed by atoms with E-state index >= 15 is 0 Å². The van der Waals surface area contributed by atoms with Gasteiger partial charge in [0, 0.05) is 64.7 Å². The van der Waals surface area contributed by atoms with Crippen LogP contribution in [0.3, 0.4) is 0 Å². The molecule has 34 heavy (non-hydrogen) atoms. The lowest BCUT2D eigenvalue weighted by molar-refractivity contribution is 0.0838. The number of carbonyl (C=O) groups is 1. The van der Waals surface area contributed by atoms with E-state index in [0.29, 0.717) is 35.2 Å². The maximum Gasteiger partial charge on any atom is 0.321 e. The lowest BCUT2D eigenvalue weighted by Gasteiger charge is -2.25. The zero-order valence-electron chi connectivity index (χ0n) is 18.4. The molecule has 1 atom stereocenters. The Morgan fingerprint density at radius 1 is 1.21 bits per heavy atom. The van der Waals surface area contributed by atoms with Crippen molar-refractivity contribution in [1.29, 1.82) is 0 Å². The summed E-state index contributed by atoms with van der Waals surface area (Å²) in [5.74, 6) is 0. The van der Waals surface area contributed by atoms with Gasteiger partial charge < -0.3 is 15.0 Å². The Hall–Kier alpha value is -2.58. The van der Waals surface area contributed by atoms with Crippen LogP contribution in [0, 0.1) is 0 Å². The molecule has 1 saturated heterocycles. The minimum atomic E-state index is -0.156. The third kappa shape index (κ3) is 5.39. The van der Waals surface area contributed by atoms with E-state index in [1.165, 1.54) is 0 Å². The van der Waals surface area contributed by atoms with Crippen molar-refractivity contribution in [2.75, 3.05) is 25.0 Å². The number of imidazole rings is 1. The summed E-state index contributed by atoms with van der Waals surface area (Å²) in [5.41, 5.74) is 3.71. The van der Waals surface area contributed by atoms with Gasteiger partial charge in [-0.15, -0.1) is 11.3 Å². The molecule has 0 bridgehead atoms. The van der Waals surface area contributed by atoms with Gasteiger partial charge >= 0.3 is 6.03 Å². The molecule has 1 unspecified atom stereocenters. The second-order valence-electron chi connectivity index (χ2n) is 8.28. The van der Waals surface area contributed by atoms with Crippen molar-refractivity contribution < 1.29 is 9.53 Å². The molecule has 3 heterocycles. The van der Waals surface area contributed by atoms with Crippen LogP contribution in [0.4, 0.5) is 10.5 Å². The van der Waals surface area contributed by atoms with Crippen molar-refractivity contribution in [2.24, 2.45) is 0 Å². The first-order valence-corrected chi connectivity index (χ1v) is 12.8. The zero-order chi connectivity index (χ0) is 23.5. The van der Waals surface area contributed by atoms with E-state index in [1.54, 1.807) is 23.5 Å². The SMILES string of the molecule is O=C(Nc1cccc(Cl)c1)N(CCc1csc2nc(-c3ccc(Cl)cc3)cn12)CC1CCCO1. The van der Waals surface area contributed by atoms with Crippen LogP contribution in [0.25, 0.3) is 16.2 Å². The molecule has 1 aliphatic heterocycles. The Balaban J connectivity index is 1.31. The highest BCUT2D eigenvalue weighted by atomic mass is 35.5. The van der Waals surface area contributed by atoms with Crippen molar-refractivity contribution in [3.05, 3.63) is 75.8 Å². The average Bonchev–Trinajstić information content (AvgIpc) is 3.55. The number of nitrogens with zero attached hydrogens (tertiary/aromatic N) is 3. The van der Waals surface area contributed by atoms with E-state index in [4.69, 9.17) is 32.9 Å². The van der Waals surface area contributed by atoms with Crippen molar-refractivity contribution in [1.82, 2.24) is 14.3 Å². The number of anilines is 1. The number of thiazole rings is 1. The van der Waals surface area contributed by atoms with Gasteiger partial charge in [0.25, 0.3) is 0 Å². The predicted molar refractivity (Wildman–Crippen MR) is 138 cm³/mol. The topological polar surface area (TPSA) is 58.9 Å². The molecule has 2 aromatic carbocycles. The van der Waals surface area contributed by atoms with E-state index in [1.807, 2.05) is 47.5 Å². The monoisotopic (exact) mass is 514 g/mol. The van der Waals surface area contributed by atoms with E-state index in [9.17, 15) is 4.79 Å². The molecule has 1 N–H and O–H groups in total. The number of hydrogen-bond acceptors (Lipinski definition) is 4. The zero-order valence-corrected chi connectivity index (χ0v) is 20.7. The maximum atomic E-state index is 13.1. The van der Waals surface area contributed by atoms with Gasteiger partial charge in [0.15, 0.2) is 4.96 Å². The van der Waals surface area contributed by atoms with Crippen LogP contribution in [0.1, 0.15) is 18.5 Å². The number of aromatic nitrogens is 2. The number of ether oxygens (including phenoxy) is 1. The number of halogens is 2. The molecule has 0 spiro atoms. The number of fused-ring (bicyclic) bond motifs is 1. The number of carbonyl (C=O) groups excluding carboxylic acids is 1. The lowest BCUT2D eigenvalue weighted by Crippen LogP contribution is -2.41. The minimum absolute atomic E-state index is 0.0670. The normalized spacial score (nSPS) is 15.6. The van der Waals surface area contributed by atoms with Gasteiger partial charge in [0.2, 0.25) is 0 Å². The quantitative estimate of drug-likeness (QED) is 0.301. The summed E-state index contributed by atoms with van der Waals surface area (Å²) in [5, 5.41) is 6.36. The number of hydrogen-bond donors (Lipinski definition) is 1. The summed E-state index contributed by atoms with van der Waals surface area (Å²) < 4.78 is 7.91. The largest absolute Gasteiger partial charge is 0.376 e. The second-order valence-corrected chi connectivity index (χ2v) is 9.99. The Morgan fingerprint density at radius 3 is 2.82 bits per heavy atom. The van der Waals surface area contributed by atoms with Gasteiger partial charge in [-0.05, 0) is 43.2 Å². The first-order chi connectivity index (χ1) is 16.5. The Labute approximate surface area is 212 Å². The molecule has 2 aromatic heterocycles.